The standard InChI is InChI=1S/C10H19NO2/c1-5-6-7-8(11)9(12)13-10(2,3)4/h5-6,8H,7,11H2,1-4H3. The monoisotopic (exact) mass is 185 g/mol. The molecule has 0 saturated carbocycles. The summed E-state index contributed by atoms with van der Waals surface area (Å²) in [6.45, 7) is 7.37. The van der Waals surface area contributed by atoms with Crippen LogP contribution in [0.3, 0.4) is 0 Å². The van der Waals surface area contributed by atoms with E-state index in [1.54, 1.807) is 0 Å². The van der Waals surface area contributed by atoms with Crippen molar-refractivity contribution < 1.29 is 9.53 Å². The lowest BCUT2D eigenvalue weighted by molar-refractivity contribution is -0.156. The van der Waals surface area contributed by atoms with Gasteiger partial charge in [0.25, 0.3) is 0 Å². The summed E-state index contributed by atoms with van der Waals surface area (Å²) in [4.78, 5) is 11.3. The zero-order valence-corrected chi connectivity index (χ0v) is 8.83. The molecule has 0 aliphatic carbocycles. The number of ether oxygens (including phenoxy) is 1. The number of allylic oxidation sites excluding steroid dienone is 1. The summed E-state index contributed by atoms with van der Waals surface area (Å²) in [5.41, 5.74) is 5.13. The summed E-state index contributed by atoms with van der Waals surface area (Å²) >= 11 is 0. The van der Waals surface area contributed by atoms with Crippen LogP contribution >= 0.6 is 0 Å². The number of carbonyl (C=O) groups excluding carboxylic acids is 1. The number of esters is 1. The maximum absolute atomic E-state index is 11.3. The molecule has 3 nitrogen and oxygen atoms in total. The first kappa shape index (κ1) is 12.2. The summed E-state index contributed by atoms with van der Waals surface area (Å²) in [5.74, 6) is -0.342. The topological polar surface area (TPSA) is 52.3 Å². The highest BCUT2D eigenvalue weighted by molar-refractivity contribution is 5.76. The Labute approximate surface area is 79.9 Å². The van der Waals surface area contributed by atoms with Crippen molar-refractivity contribution in [3.05, 3.63) is 12.2 Å². The molecule has 76 valence electrons. The molecule has 2 N–H and O–H groups in total. The minimum absolute atomic E-state index is 0.342. The minimum Gasteiger partial charge on any atom is -0.459 e. The van der Waals surface area contributed by atoms with Crippen LogP contribution in [0.25, 0.3) is 0 Å². The highest BCUT2D eigenvalue weighted by Gasteiger charge is 2.20. The van der Waals surface area contributed by atoms with Crippen LogP contribution in [0.4, 0.5) is 0 Å². The number of rotatable bonds is 3. The second-order valence-corrected chi connectivity index (χ2v) is 3.94. The lowest BCUT2D eigenvalue weighted by Gasteiger charge is -2.21. The first-order valence-corrected chi connectivity index (χ1v) is 4.46. The van der Waals surface area contributed by atoms with E-state index < -0.39 is 11.6 Å². The Hall–Kier alpha value is -0.830. The van der Waals surface area contributed by atoms with Gasteiger partial charge in [-0.05, 0) is 34.1 Å². The Morgan fingerprint density at radius 3 is 2.46 bits per heavy atom. The number of nitrogens with two attached hydrogens (primary N) is 1. The second kappa shape index (κ2) is 5.02. The van der Waals surface area contributed by atoms with Crippen LogP contribution in [0.5, 0.6) is 0 Å². The Kier molecular flexibility index (Phi) is 4.70. The molecule has 3 heteroatoms. The Morgan fingerprint density at radius 2 is 2.08 bits per heavy atom. The third-order valence-electron chi connectivity index (χ3n) is 1.34. The molecule has 0 heterocycles. The van der Waals surface area contributed by atoms with Gasteiger partial charge in [-0.25, -0.2) is 0 Å². The van der Waals surface area contributed by atoms with Crippen molar-refractivity contribution in [3.8, 4) is 0 Å². The SMILES string of the molecule is CC=CCC(N)C(=O)OC(C)(C)C. The van der Waals surface area contributed by atoms with Crippen LogP contribution in [-0.4, -0.2) is 17.6 Å². The van der Waals surface area contributed by atoms with Gasteiger partial charge in [-0.3, -0.25) is 4.79 Å². The smallest absolute Gasteiger partial charge is 0.323 e. The molecular weight excluding hydrogens is 166 g/mol. The molecule has 13 heavy (non-hydrogen) atoms. The third kappa shape index (κ3) is 6.34. The average molecular weight is 185 g/mol. The van der Waals surface area contributed by atoms with Crippen molar-refractivity contribution in [2.24, 2.45) is 5.73 Å². The predicted octanol–water partition coefficient (Wildman–Crippen LogP) is 1.62. The second-order valence-electron chi connectivity index (χ2n) is 3.94. The normalized spacial score (nSPS) is 14.5. The summed E-state index contributed by atoms with van der Waals surface area (Å²) < 4.78 is 5.10. The van der Waals surface area contributed by atoms with Crippen molar-refractivity contribution in [2.45, 2.75) is 45.8 Å². The van der Waals surface area contributed by atoms with Crippen LogP contribution < -0.4 is 5.73 Å². The molecule has 0 aromatic carbocycles. The summed E-state index contributed by atoms with van der Waals surface area (Å²) in [6, 6.07) is -0.546. The lowest BCUT2D eigenvalue weighted by atomic mass is 10.1. The largest absolute Gasteiger partial charge is 0.459 e. The van der Waals surface area contributed by atoms with Crippen molar-refractivity contribution in [1.29, 1.82) is 0 Å². The van der Waals surface area contributed by atoms with E-state index >= 15 is 0 Å². The maximum Gasteiger partial charge on any atom is 0.323 e. The number of hydrogen-bond donors (Lipinski definition) is 1. The molecule has 0 saturated heterocycles. The van der Waals surface area contributed by atoms with Crippen molar-refractivity contribution >= 4 is 5.97 Å². The fraction of sp³-hybridized carbons (Fsp3) is 0.700. The summed E-state index contributed by atoms with van der Waals surface area (Å²) in [7, 11) is 0. The van der Waals surface area contributed by atoms with E-state index in [0.717, 1.165) is 0 Å². The molecule has 0 aliphatic heterocycles. The third-order valence-corrected chi connectivity index (χ3v) is 1.34. The summed E-state index contributed by atoms with van der Waals surface area (Å²) in [6.07, 6.45) is 4.25. The van der Waals surface area contributed by atoms with E-state index in [4.69, 9.17) is 10.5 Å². The molecule has 1 atom stereocenters. The zero-order valence-electron chi connectivity index (χ0n) is 8.83. The molecule has 0 bridgehead atoms. The molecule has 0 rings (SSSR count). The highest BCUT2D eigenvalue weighted by atomic mass is 16.6. The molecule has 0 radical (unpaired) electrons. The van der Waals surface area contributed by atoms with Crippen molar-refractivity contribution in [2.75, 3.05) is 0 Å². The average Bonchev–Trinajstić information content (AvgIpc) is 1.96. The Bertz CT molecular complexity index is 192. The fourth-order valence-electron chi connectivity index (χ4n) is 0.756. The van der Waals surface area contributed by atoms with Gasteiger partial charge in [-0.15, -0.1) is 0 Å². The van der Waals surface area contributed by atoms with E-state index in [1.807, 2.05) is 39.8 Å². The lowest BCUT2D eigenvalue weighted by Crippen LogP contribution is -2.36. The van der Waals surface area contributed by atoms with Crippen LogP contribution in [-0.2, 0) is 9.53 Å². The minimum atomic E-state index is -0.546. The molecule has 0 amide bonds. The predicted molar refractivity (Wildman–Crippen MR) is 53.3 cm³/mol. The van der Waals surface area contributed by atoms with Gasteiger partial charge in [0.2, 0.25) is 0 Å². The van der Waals surface area contributed by atoms with Gasteiger partial charge in [0, 0.05) is 0 Å². The van der Waals surface area contributed by atoms with Crippen molar-refractivity contribution in [1.82, 2.24) is 0 Å². The van der Waals surface area contributed by atoms with Crippen LogP contribution in [0.2, 0.25) is 0 Å². The molecule has 0 aromatic heterocycles. The highest BCUT2D eigenvalue weighted by Crippen LogP contribution is 2.08. The van der Waals surface area contributed by atoms with Gasteiger partial charge in [0.05, 0.1) is 0 Å². The van der Waals surface area contributed by atoms with Crippen LogP contribution in [0.1, 0.15) is 34.1 Å². The first-order chi connectivity index (χ1) is 5.87. The zero-order chi connectivity index (χ0) is 10.5. The molecular formula is C10H19NO2. The number of hydrogen-bond acceptors (Lipinski definition) is 3. The van der Waals surface area contributed by atoms with Crippen LogP contribution in [0, 0.1) is 0 Å². The van der Waals surface area contributed by atoms with Gasteiger partial charge >= 0.3 is 5.97 Å². The van der Waals surface area contributed by atoms with Gasteiger partial charge < -0.3 is 10.5 Å². The molecule has 0 aromatic rings. The molecule has 0 fully saturated rings. The van der Waals surface area contributed by atoms with E-state index in [-0.39, 0.29) is 5.97 Å². The van der Waals surface area contributed by atoms with Gasteiger partial charge in [0.1, 0.15) is 11.6 Å². The molecule has 0 aliphatic rings. The van der Waals surface area contributed by atoms with E-state index in [0.29, 0.717) is 6.42 Å². The van der Waals surface area contributed by atoms with E-state index in [1.165, 1.54) is 0 Å². The Balaban J connectivity index is 3.97. The van der Waals surface area contributed by atoms with Crippen LogP contribution in [0.15, 0.2) is 12.2 Å². The number of carbonyl (C=O) groups is 1. The maximum atomic E-state index is 11.3. The molecule has 0 spiro atoms. The quantitative estimate of drug-likeness (QED) is 0.537. The van der Waals surface area contributed by atoms with Gasteiger partial charge in [-0.1, -0.05) is 12.2 Å². The molecule has 1 unspecified atom stereocenters. The first-order valence-electron chi connectivity index (χ1n) is 4.46. The van der Waals surface area contributed by atoms with E-state index in [9.17, 15) is 4.79 Å². The van der Waals surface area contributed by atoms with Gasteiger partial charge in [-0.2, -0.15) is 0 Å². The van der Waals surface area contributed by atoms with Crippen molar-refractivity contribution in [3.63, 3.8) is 0 Å². The van der Waals surface area contributed by atoms with E-state index in [2.05, 4.69) is 0 Å². The van der Waals surface area contributed by atoms with Gasteiger partial charge in [0.15, 0.2) is 0 Å². The summed E-state index contributed by atoms with van der Waals surface area (Å²) in [5, 5.41) is 0. The Morgan fingerprint density at radius 1 is 1.54 bits per heavy atom. The fourth-order valence-corrected chi connectivity index (χ4v) is 0.756.